The second kappa shape index (κ2) is 11.2. The van der Waals surface area contributed by atoms with E-state index in [0.29, 0.717) is 18.2 Å². The van der Waals surface area contributed by atoms with Gasteiger partial charge in [0.25, 0.3) is 0 Å². The molecule has 134 valence electrons. The predicted octanol–water partition coefficient (Wildman–Crippen LogP) is 2.01. The summed E-state index contributed by atoms with van der Waals surface area (Å²) < 4.78 is 0. The van der Waals surface area contributed by atoms with E-state index >= 15 is 0 Å². The molecule has 2 unspecified atom stereocenters. The van der Waals surface area contributed by atoms with E-state index in [-0.39, 0.29) is 30.3 Å². The SMILES string of the molecule is CCCCC(=O)N1CSCC1C(=O)NCCC1CCCNC1.Cl. The van der Waals surface area contributed by atoms with Crippen LogP contribution in [0.1, 0.15) is 45.4 Å². The number of hydrogen-bond acceptors (Lipinski definition) is 4. The molecule has 0 aromatic rings. The van der Waals surface area contributed by atoms with Crippen LogP contribution in [-0.4, -0.2) is 54.0 Å². The van der Waals surface area contributed by atoms with Gasteiger partial charge in [0.1, 0.15) is 6.04 Å². The molecule has 2 N–H and O–H groups in total. The quantitative estimate of drug-likeness (QED) is 0.726. The number of piperidine rings is 1. The van der Waals surface area contributed by atoms with E-state index < -0.39 is 0 Å². The fourth-order valence-corrected chi connectivity index (χ4v) is 4.25. The molecule has 0 radical (unpaired) electrons. The van der Waals surface area contributed by atoms with Crippen molar-refractivity contribution in [2.75, 3.05) is 31.3 Å². The van der Waals surface area contributed by atoms with Crippen molar-refractivity contribution in [1.82, 2.24) is 15.5 Å². The van der Waals surface area contributed by atoms with Crippen molar-refractivity contribution in [3.8, 4) is 0 Å². The molecule has 0 aromatic carbocycles. The minimum Gasteiger partial charge on any atom is -0.354 e. The maximum absolute atomic E-state index is 12.3. The minimum atomic E-state index is -0.265. The van der Waals surface area contributed by atoms with Gasteiger partial charge in [0.05, 0.1) is 5.88 Å². The molecule has 7 heteroatoms. The van der Waals surface area contributed by atoms with Crippen LogP contribution in [0.25, 0.3) is 0 Å². The predicted molar refractivity (Wildman–Crippen MR) is 98.0 cm³/mol. The third-order valence-electron chi connectivity index (χ3n) is 4.50. The molecule has 0 saturated carbocycles. The molecule has 0 bridgehead atoms. The van der Waals surface area contributed by atoms with Crippen molar-refractivity contribution < 1.29 is 9.59 Å². The lowest BCUT2D eigenvalue weighted by atomic mass is 9.96. The van der Waals surface area contributed by atoms with Crippen molar-refractivity contribution in [3.63, 3.8) is 0 Å². The molecule has 2 amide bonds. The van der Waals surface area contributed by atoms with Crippen LogP contribution in [0.15, 0.2) is 0 Å². The summed E-state index contributed by atoms with van der Waals surface area (Å²) in [6, 6.07) is -0.265. The molecule has 2 saturated heterocycles. The second-order valence-electron chi connectivity index (χ2n) is 6.27. The summed E-state index contributed by atoms with van der Waals surface area (Å²) in [5.41, 5.74) is 0. The van der Waals surface area contributed by atoms with E-state index in [4.69, 9.17) is 0 Å². The van der Waals surface area contributed by atoms with Gasteiger partial charge < -0.3 is 15.5 Å². The number of carbonyl (C=O) groups is 2. The number of unbranched alkanes of at least 4 members (excludes halogenated alkanes) is 1. The molecule has 0 aromatic heterocycles. The van der Waals surface area contributed by atoms with Crippen LogP contribution in [-0.2, 0) is 9.59 Å². The summed E-state index contributed by atoms with van der Waals surface area (Å²) in [6.45, 7) is 4.99. The molecule has 23 heavy (non-hydrogen) atoms. The molecule has 2 fully saturated rings. The van der Waals surface area contributed by atoms with Gasteiger partial charge in [-0.25, -0.2) is 0 Å². The molecule has 5 nitrogen and oxygen atoms in total. The number of rotatable bonds is 7. The molecule has 0 aliphatic carbocycles. The molecular formula is C16H30ClN3O2S. The monoisotopic (exact) mass is 363 g/mol. The van der Waals surface area contributed by atoms with Gasteiger partial charge in [0, 0.05) is 18.7 Å². The largest absolute Gasteiger partial charge is 0.354 e. The van der Waals surface area contributed by atoms with E-state index in [1.807, 2.05) is 0 Å². The lowest BCUT2D eigenvalue weighted by Crippen LogP contribution is -2.47. The number of carbonyl (C=O) groups excluding carboxylic acids is 2. The summed E-state index contributed by atoms with van der Waals surface area (Å²) in [5.74, 6) is 2.22. The standard InChI is InChI=1S/C16H29N3O2S.ClH/c1-2-3-6-15(20)19-12-22-11-14(19)16(21)18-9-7-13-5-4-8-17-10-13;/h13-14,17H,2-12H2,1H3,(H,18,21);1H. The van der Waals surface area contributed by atoms with Gasteiger partial charge in [-0.05, 0) is 44.7 Å². The third-order valence-corrected chi connectivity index (χ3v) is 5.51. The highest BCUT2D eigenvalue weighted by Crippen LogP contribution is 2.22. The first kappa shape index (κ1) is 20.6. The van der Waals surface area contributed by atoms with E-state index in [1.54, 1.807) is 16.7 Å². The zero-order valence-corrected chi connectivity index (χ0v) is 15.6. The first-order chi connectivity index (χ1) is 10.7. The van der Waals surface area contributed by atoms with Crippen molar-refractivity contribution in [2.45, 2.75) is 51.5 Å². The summed E-state index contributed by atoms with van der Waals surface area (Å²) in [6.07, 6.45) is 6.00. The number of amides is 2. The zero-order valence-electron chi connectivity index (χ0n) is 14.0. The van der Waals surface area contributed by atoms with Crippen LogP contribution in [0.2, 0.25) is 0 Å². The van der Waals surface area contributed by atoms with Crippen molar-refractivity contribution in [3.05, 3.63) is 0 Å². The Bertz CT molecular complexity index is 378. The van der Waals surface area contributed by atoms with E-state index in [9.17, 15) is 9.59 Å². The Balaban J connectivity index is 0.00000264. The summed E-state index contributed by atoms with van der Waals surface area (Å²) in [7, 11) is 0. The maximum Gasteiger partial charge on any atom is 0.243 e. The van der Waals surface area contributed by atoms with E-state index in [1.165, 1.54) is 12.8 Å². The first-order valence-corrected chi connectivity index (χ1v) is 9.73. The molecule has 2 aliphatic rings. The Morgan fingerprint density at radius 3 is 2.91 bits per heavy atom. The molecule has 2 rings (SSSR count). The minimum absolute atomic E-state index is 0. The van der Waals surface area contributed by atoms with Crippen molar-refractivity contribution >= 4 is 36.0 Å². The summed E-state index contributed by atoms with van der Waals surface area (Å²) >= 11 is 1.68. The maximum atomic E-state index is 12.3. The van der Waals surface area contributed by atoms with Crippen LogP contribution in [0.5, 0.6) is 0 Å². The molecule has 2 atom stereocenters. The molecular weight excluding hydrogens is 334 g/mol. The Hall–Kier alpha value is -0.460. The average Bonchev–Trinajstić information content (AvgIpc) is 3.03. The van der Waals surface area contributed by atoms with Crippen LogP contribution in [0.4, 0.5) is 0 Å². The number of thioether (sulfide) groups is 1. The zero-order chi connectivity index (χ0) is 15.8. The Labute approximate surface area is 150 Å². The van der Waals surface area contributed by atoms with Crippen LogP contribution in [0, 0.1) is 5.92 Å². The van der Waals surface area contributed by atoms with Crippen LogP contribution < -0.4 is 10.6 Å². The van der Waals surface area contributed by atoms with Crippen molar-refractivity contribution in [2.24, 2.45) is 5.92 Å². The highest BCUT2D eigenvalue weighted by atomic mass is 35.5. The van der Waals surface area contributed by atoms with Gasteiger partial charge in [0.15, 0.2) is 0 Å². The van der Waals surface area contributed by atoms with Gasteiger partial charge in [-0.1, -0.05) is 13.3 Å². The van der Waals surface area contributed by atoms with Crippen LogP contribution in [0.3, 0.4) is 0 Å². The smallest absolute Gasteiger partial charge is 0.243 e. The Morgan fingerprint density at radius 2 is 2.22 bits per heavy atom. The first-order valence-electron chi connectivity index (χ1n) is 8.58. The highest BCUT2D eigenvalue weighted by molar-refractivity contribution is 7.99. The average molecular weight is 364 g/mol. The number of nitrogens with zero attached hydrogens (tertiary/aromatic N) is 1. The number of halogens is 1. The van der Waals surface area contributed by atoms with Crippen molar-refractivity contribution in [1.29, 1.82) is 0 Å². The fraction of sp³-hybridized carbons (Fsp3) is 0.875. The molecule has 2 aliphatic heterocycles. The number of hydrogen-bond donors (Lipinski definition) is 2. The van der Waals surface area contributed by atoms with Gasteiger partial charge in [-0.3, -0.25) is 9.59 Å². The van der Waals surface area contributed by atoms with Gasteiger partial charge >= 0.3 is 0 Å². The highest BCUT2D eigenvalue weighted by Gasteiger charge is 2.33. The molecule has 2 heterocycles. The Kier molecular flexibility index (Phi) is 9.99. The third kappa shape index (κ3) is 6.51. The summed E-state index contributed by atoms with van der Waals surface area (Å²) in [4.78, 5) is 26.3. The van der Waals surface area contributed by atoms with Gasteiger partial charge in [-0.15, -0.1) is 24.2 Å². The topological polar surface area (TPSA) is 61.4 Å². The van der Waals surface area contributed by atoms with Gasteiger partial charge in [0.2, 0.25) is 11.8 Å². The Morgan fingerprint density at radius 1 is 1.39 bits per heavy atom. The van der Waals surface area contributed by atoms with E-state index in [2.05, 4.69) is 17.6 Å². The second-order valence-corrected chi connectivity index (χ2v) is 7.27. The molecule has 0 spiro atoms. The summed E-state index contributed by atoms with van der Waals surface area (Å²) in [5, 5.41) is 6.44. The number of nitrogens with one attached hydrogen (secondary N) is 2. The lowest BCUT2D eigenvalue weighted by Gasteiger charge is -2.25. The normalized spacial score (nSPS) is 24.1. The van der Waals surface area contributed by atoms with Gasteiger partial charge in [-0.2, -0.15) is 0 Å². The van der Waals surface area contributed by atoms with Crippen LogP contribution >= 0.6 is 24.2 Å². The lowest BCUT2D eigenvalue weighted by molar-refractivity contribution is -0.138. The fourth-order valence-electron chi connectivity index (χ4n) is 3.06. The van der Waals surface area contributed by atoms with E-state index in [0.717, 1.165) is 44.6 Å².